The van der Waals surface area contributed by atoms with Crippen molar-refractivity contribution in [2.45, 2.75) is 6.54 Å². The van der Waals surface area contributed by atoms with Crippen LogP contribution in [0.15, 0.2) is 82.3 Å². The molecule has 0 atom stereocenters. The lowest BCUT2D eigenvalue weighted by Crippen LogP contribution is -2.19. The van der Waals surface area contributed by atoms with Crippen LogP contribution in [0.3, 0.4) is 0 Å². The topological polar surface area (TPSA) is 93.5 Å². The Balaban J connectivity index is 1.58. The molecule has 0 bridgehead atoms. The molecule has 7 heteroatoms. The van der Waals surface area contributed by atoms with E-state index in [1.807, 2.05) is 24.3 Å². The second kappa shape index (κ2) is 8.48. The van der Waals surface area contributed by atoms with Crippen LogP contribution in [0.1, 0.15) is 15.9 Å². The van der Waals surface area contributed by atoms with Crippen molar-refractivity contribution in [1.82, 2.24) is 4.98 Å². The summed E-state index contributed by atoms with van der Waals surface area (Å²) in [5.41, 5.74) is 1.95. The Morgan fingerprint density at radius 3 is 2.63 bits per heavy atom. The van der Waals surface area contributed by atoms with Crippen LogP contribution in [0.4, 0.5) is 11.4 Å². The first-order chi connectivity index (χ1) is 14.6. The molecule has 7 nitrogen and oxygen atoms in total. The van der Waals surface area contributed by atoms with Gasteiger partial charge < -0.3 is 19.8 Å². The highest BCUT2D eigenvalue weighted by molar-refractivity contribution is 6.08. The molecule has 0 unspecified atom stereocenters. The molecule has 0 saturated carbocycles. The highest BCUT2D eigenvalue weighted by Gasteiger charge is 2.14. The van der Waals surface area contributed by atoms with E-state index in [2.05, 4.69) is 15.6 Å². The molecular weight excluding hydrogens is 382 g/mol. The van der Waals surface area contributed by atoms with Gasteiger partial charge in [-0.3, -0.25) is 9.78 Å². The molecular formula is C23H19N3O4. The van der Waals surface area contributed by atoms with Gasteiger partial charge in [-0.15, -0.1) is 0 Å². The number of benzene rings is 2. The van der Waals surface area contributed by atoms with E-state index in [1.165, 1.54) is 0 Å². The molecule has 30 heavy (non-hydrogen) atoms. The van der Waals surface area contributed by atoms with Crippen LogP contribution in [0.5, 0.6) is 5.75 Å². The van der Waals surface area contributed by atoms with Crippen LogP contribution in [0, 0.1) is 0 Å². The number of carbonyl (C=O) groups excluding carboxylic acids is 1. The van der Waals surface area contributed by atoms with E-state index >= 15 is 0 Å². The summed E-state index contributed by atoms with van der Waals surface area (Å²) < 4.78 is 10.5. The van der Waals surface area contributed by atoms with E-state index in [1.54, 1.807) is 55.9 Å². The number of ether oxygens (including phenoxy) is 1. The number of methoxy groups -OCH3 is 1. The minimum absolute atomic E-state index is 0.0599. The SMILES string of the molecule is COc1ccc2oc(=O)c(NC(=O)c3ccccc3NCc3ccncc3)cc2c1. The molecule has 4 aromatic rings. The second-order valence-electron chi connectivity index (χ2n) is 6.56. The quantitative estimate of drug-likeness (QED) is 0.473. The monoisotopic (exact) mass is 401 g/mol. The van der Waals surface area contributed by atoms with E-state index in [4.69, 9.17) is 9.15 Å². The maximum Gasteiger partial charge on any atom is 0.360 e. The highest BCUT2D eigenvalue weighted by atomic mass is 16.5. The molecule has 1 amide bonds. The Labute approximate surface area is 172 Å². The fraction of sp³-hybridized carbons (Fsp3) is 0.0870. The third-order valence-corrected chi connectivity index (χ3v) is 4.59. The minimum atomic E-state index is -0.622. The Bertz CT molecular complexity index is 1250. The zero-order valence-corrected chi connectivity index (χ0v) is 16.2. The summed E-state index contributed by atoms with van der Waals surface area (Å²) in [6, 6.07) is 17.6. The molecule has 0 aliphatic heterocycles. The molecule has 0 aliphatic carbocycles. The fourth-order valence-corrected chi connectivity index (χ4v) is 3.04. The van der Waals surface area contributed by atoms with Gasteiger partial charge >= 0.3 is 5.63 Å². The maximum absolute atomic E-state index is 12.9. The minimum Gasteiger partial charge on any atom is -0.497 e. The van der Waals surface area contributed by atoms with Crippen molar-refractivity contribution in [3.63, 3.8) is 0 Å². The number of rotatable bonds is 6. The van der Waals surface area contributed by atoms with Crippen LogP contribution >= 0.6 is 0 Å². The van der Waals surface area contributed by atoms with Gasteiger partial charge in [-0.2, -0.15) is 0 Å². The third kappa shape index (κ3) is 4.15. The van der Waals surface area contributed by atoms with Crippen molar-refractivity contribution in [3.8, 4) is 5.75 Å². The van der Waals surface area contributed by atoms with E-state index in [0.29, 0.717) is 34.5 Å². The van der Waals surface area contributed by atoms with Crippen molar-refractivity contribution in [2.75, 3.05) is 17.7 Å². The van der Waals surface area contributed by atoms with Crippen LogP contribution in [0.25, 0.3) is 11.0 Å². The molecule has 0 fully saturated rings. The molecule has 2 aromatic heterocycles. The Morgan fingerprint density at radius 1 is 1.03 bits per heavy atom. The Hall–Kier alpha value is -4.13. The lowest BCUT2D eigenvalue weighted by molar-refractivity contribution is 0.102. The van der Waals surface area contributed by atoms with Crippen molar-refractivity contribution in [1.29, 1.82) is 0 Å². The number of amides is 1. The first-order valence-electron chi connectivity index (χ1n) is 9.29. The van der Waals surface area contributed by atoms with Gasteiger partial charge in [0.2, 0.25) is 0 Å². The summed E-state index contributed by atoms with van der Waals surface area (Å²) >= 11 is 0. The average molecular weight is 401 g/mol. The van der Waals surface area contributed by atoms with Crippen LogP contribution < -0.4 is 21.0 Å². The number of pyridine rings is 1. The predicted molar refractivity (Wildman–Crippen MR) is 115 cm³/mol. The number of fused-ring (bicyclic) bond motifs is 1. The molecule has 2 aromatic carbocycles. The van der Waals surface area contributed by atoms with Gasteiger partial charge in [0.1, 0.15) is 17.0 Å². The highest BCUT2D eigenvalue weighted by Crippen LogP contribution is 2.23. The van der Waals surface area contributed by atoms with Crippen LogP contribution in [0.2, 0.25) is 0 Å². The standard InChI is InChI=1S/C23H19N3O4/c1-29-17-6-7-21-16(12-17)13-20(23(28)30-21)26-22(27)18-4-2-3-5-19(18)25-14-15-8-10-24-11-9-15/h2-13,25H,14H2,1H3,(H,26,27). The smallest absolute Gasteiger partial charge is 0.360 e. The van der Waals surface area contributed by atoms with Gasteiger partial charge in [-0.05, 0) is 54.1 Å². The second-order valence-corrected chi connectivity index (χ2v) is 6.56. The van der Waals surface area contributed by atoms with Gasteiger partial charge in [-0.1, -0.05) is 12.1 Å². The molecule has 0 radical (unpaired) electrons. The number of carbonyl (C=O) groups is 1. The number of nitrogens with zero attached hydrogens (tertiary/aromatic N) is 1. The summed E-state index contributed by atoms with van der Waals surface area (Å²) in [6.45, 7) is 0.532. The number of anilines is 2. The van der Waals surface area contributed by atoms with Crippen LogP contribution in [-0.4, -0.2) is 18.0 Å². The van der Waals surface area contributed by atoms with E-state index in [-0.39, 0.29) is 5.69 Å². The van der Waals surface area contributed by atoms with E-state index in [9.17, 15) is 9.59 Å². The van der Waals surface area contributed by atoms with Gasteiger partial charge in [0.15, 0.2) is 0 Å². The first kappa shape index (κ1) is 19.2. The number of nitrogens with one attached hydrogen (secondary N) is 2. The van der Waals surface area contributed by atoms with Gasteiger partial charge in [0.05, 0.1) is 12.7 Å². The van der Waals surface area contributed by atoms with Crippen molar-refractivity contribution in [3.05, 3.63) is 94.6 Å². The average Bonchev–Trinajstić information content (AvgIpc) is 2.78. The van der Waals surface area contributed by atoms with Crippen molar-refractivity contribution >= 4 is 28.3 Å². The van der Waals surface area contributed by atoms with Gasteiger partial charge in [-0.25, -0.2) is 4.79 Å². The summed E-state index contributed by atoms with van der Waals surface area (Å²) in [6.07, 6.45) is 3.42. The van der Waals surface area contributed by atoms with E-state index < -0.39 is 11.5 Å². The van der Waals surface area contributed by atoms with Gasteiger partial charge in [0, 0.05) is 30.0 Å². The van der Waals surface area contributed by atoms with Gasteiger partial charge in [0.25, 0.3) is 5.91 Å². The molecule has 0 saturated heterocycles. The van der Waals surface area contributed by atoms with E-state index in [0.717, 1.165) is 5.56 Å². The molecule has 150 valence electrons. The summed E-state index contributed by atoms with van der Waals surface area (Å²) in [5.74, 6) is 0.210. The number of hydrogen-bond acceptors (Lipinski definition) is 6. The lowest BCUT2D eigenvalue weighted by Gasteiger charge is -2.12. The summed E-state index contributed by atoms with van der Waals surface area (Å²) in [5, 5.41) is 6.55. The Kier molecular flexibility index (Phi) is 5.43. The Morgan fingerprint density at radius 2 is 1.83 bits per heavy atom. The molecule has 4 rings (SSSR count). The van der Waals surface area contributed by atoms with Crippen LogP contribution in [-0.2, 0) is 6.54 Å². The summed E-state index contributed by atoms with van der Waals surface area (Å²) in [7, 11) is 1.55. The third-order valence-electron chi connectivity index (χ3n) is 4.59. The molecule has 2 N–H and O–H groups in total. The maximum atomic E-state index is 12.9. The molecule has 0 spiro atoms. The fourth-order valence-electron chi connectivity index (χ4n) is 3.04. The number of hydrogen-bond donors (Lipinski definition) is 2. The zero-order chi connectivity index (χ0) is 20.9. The summed E-state index contributed by atoms with van der Waals surface area (Å²) in [4.78, 5) is 29.2. The molecule has 2 heterocycles. The zero-order valence-electron chi connectivity index (χ0n) is 16.2. The largest absolute Gasteiger partial charge is 0.497 e. The first-order valence-corrected chi connectivity index (χ1v) is 9.29. The molecule has 0 aliphatic rings. The predicted octanol–water partition coefficient (Wildman–Crippen LogP) is 4.06. The number of aromatic nitrogens is 1. The normalized spacial score (nSPS) is 10.6. The number of para-hydroxylation sites is 1. The lowest BCUT2D eigenvalue weighted by atomic mass is 10.1. The van der Waals surface area contributed by atoms with Crippen molar-refractivity contribution in [2.24, 2.45) is 0 Å². The van der Waals surface area contributed by atoms with Crippen molar-refractivity contribution < 1.29 is 13.9 Å².